The van der Waals surface area contributed by atoms with Crippen LogP contribution in [-0.2, 0) is 0 Å². The van der Waals surface area contributed by atoms with Gasteiger partial charge in [-0.05, 0) is 50.2 Å². The van der Waals surface area contributed by atoms with Crippen molar-refractivity contribution >= 4 is 29.4 Å². The van der Waals surface area contributed by atoms with Crippen LogP contribution in [0.25, 0.3) is 5.65 Å². The van der Waals surface area contributed by atoms with Gasteiger partial charge < -0.3 is 16.0 Å². The summed E-state index contributed by atoms with van der Waals surface area (Å²) in [7, 11) is 0. The third kappa shape index (κ3) is 2.64. The van der Waals surface area contributed by atoms with Gasteiger partial charge in [0.2, 0.25) is 0 Å². The van der Waals surface area contributed by atoms with Crippen molar-refractivity contribution in [1.82, 2.24) is 19.9 Å². The molecule has 6 atom stereocenters. The summed E-state index contributed by atoms with van der Waals surface area (Å²) >= 11 is 0. The van der Waals surface area contributed by atoms with E-state index in [1.54, 1.807) is 16.8 Å². The van der Waals surface area contributed by atoms with Crippen molar-refractivity contribution in [3.05, 3.63) is 29.7 Å². The molecule has 0 aromatic carbocycles. The fraction of sp³-hybridized carbons (Fsp3) is 0.524. The molecule has 0 spiro atoms. The van der Waals surface area contributed by atoms with Gasteiger partial charge in [0.05, 0.1) is 12.3 Å². The van der Waals surface area contributed by atoms with Crippen LogP contribution in [0.1, 0.15) is 36.5 Å². The Kier molecular flexibility index (Phi) is 3.73. The number of piperidine rings is 1. The first-order valence-corrected chi connectivity index (χ1v) is 10.6. The van der Waals surface area contributed by atoms with Crippen LogP contribution in [0.2, 0.25) is 0 Å². The number of hydrogen-bond acceptors (Lipinski definition) is 6. The Morgan fingerprint density at radius 2 is 2.20 bits per heavy atom. The molecule has 2 aromatic rings. The van der Waals surface area contributed by atoms with E-state index >= 15 is 0 Å². The molecule has 2 bridgehead atoms. The quantitative estimate of drug-likeness (QED) is 0.693. The number of aromatic nitrogens is 3. The highest BCUT2D eigenvalue weighted by molar-refractivity contribution is 6.04. The average Bonchev–Trinajstić information content (AvgIpc) is 3.24. The number of hydrogen-bond donors (Lipinski definition) is 2. The molecule has 2 unspecified atom stereocenters. The number of allylic oxidation sites excluding steroid dienone is 1. The van der Waals surface area contributed by atoms with Gasteiger partial charge in [0, 0.05) is 30.7 Å². The van der Waals surface area contributed by atoms with Crippen molar-refractivity contribution in [2.24, 2.45) is 22.7 Å². The third-order valence-corrected chi connectivity index (χ3v) is 7.08. The molecule has 0 radical (unpaired) electrons. The minimum Gasteiger partial charge on any atom is -0.381 e. The van der Waals surface area contributed by atoms with E-state index in [1.807, 2.05) is 13.0 Å². The van der Waals surface area contributed by atoms with Crippen LogP contribution < -0.4 is 16.0 Å². The fourth-order valence-electron chi connectivity index (χ4n) is 5.55. The highest BCUT2D eigenvalue weighted by Gasteiger charge is 2.56. The third-order valence-electron chi connectivity index (χ3n) is 7.08. The first kappa shape index (κ1) is 17.9. The summed E-state index contributed by atoms with van der Waals surface area (Å²) < 4.78 is 15.8. The van der Waals surface area contributed by atoms with Gasteiger partial charge in [-0.25, -0.2) is 13.9 Å². The van der Waals surface area contributed by atoms with E-state index in [1.165, 1.54) is 12.6 Å². The van der Waals surface area contributed by atoms with Crippen molar-refractivity contribution in [3.8, 4) is 0 Å². The van der Waals surface area contributed by atoms with E-state index in [9.17, 15) is 9.18 Å². The molecule has 4 aliphatic rings. The normalized spacial score (nSPS) is 34.9. The smallest absolute Gasteiger partial charge is 0.259 e. The zero-order valence-corrected chi connectivity index (χ0v) is 16.7. The lowest BCUT2D eigenvalue weighted by atomic mass is 9.84. The average molecular weight is 409 g/mol. The zero-order chi connectivity index (χ0) is 20.6. The zero-order valence-electron chi connectivity index (χ0n) is 16.7. The van der Waals surface area contributed by atoms with Crippen LogP contribution in [0.5, 0.6) is 0 Å². The van der Waals surface area contributed by atoms with Crippen LogP contribution in [0, 0.1) is 17.8 Å². The van der Waals surface area contributed by atoms with E-state index in [0.29, 0.717) is 23.0 Å². The van der Waals surface area contributed by atoms with E-state index < -0.39 is 0 Å². The lowest BCUT2D eigenvalue weighted by Gasteiger charge is -2.37. The maximum atomic E-state index is 14.3. The number of aliphatic imine (C=N–C) groups is 1. The second kappa shape index (κ2) is 6.26. The molecule has 2 aromatic heterocycles. The molecule has 8 nitrogen and oxygen atoms in total. The molecule has 3 N–H and O–H groups in total. The SMILES string of the molecule is C[C@@H]1CCC2N=CC(F)=CC2[C@@H]2[C@@H]3C[C@@H]3CN2c2ccn3nc(N)c(c3n2)C(=O)N1. The van der Waals surface area contributed by atoms with Gasteiger partial charge in [-0.1, -0.05) is 0 Å². The summed E-state index contributed by atoms with van der Waals surface area (Å²) in [5.41, 5.74) is 6.83. The molecular weight excluding hydrogens is 385 g/mol. The van der Waals surface area contributed by atoms with E-state index in [2.05, 4.69) is 20.3 Å². The molecule has 1 amide bonds. The molecular formula is C21H24FN7O. The predicted molar refractivity (Wildman–Crippen MR) is 111 cm³/mol. The van der Waals surface area contributed by atoms with Gasteiger partial charge in [0.1, 0.15) is 17.2 Å². The molecule has 2 fully saturated rings. The number of nitrogens with one attached hydrogen (secondary N) is 1. The summed E-state index contributed by atoms with van der Waals surface area (Å²) in [6.07, 6.45) is 7.58. The molecule has 156 valence electrons. The first-order chi connectivity index (χ1) is 14.5. The maximum absolute atomic E-state index is 14.3. The highest BCUT2D eigenvalue weighted by atomic mass is 19.1. The number of amides is 1. The minimum absolute atomic E-state index is 0.00689. The Morgan fingerprint density at radius 1 is 1.33 bits per heavy atom. The molecule has 1 aliphatic carbocycles. The number of dihydropyridines is 1. The van der Waals surface area contributed by atoms with Crippen LogP contribution in [0.15, 0.2) is 29.2 Å². The largest absolute Gasteiger partial charge is 0.381 e. The maximum Gasteiger partial charge on any atom is 0.259 e. The number of carbonyl (C=O) groups is 1. The number of nitrogens with zero attached hydrogens (tertiary/aromatic N) is 5. The second-order valence-corrected chi connectivity index (χ2v) is 9.04. The summed E-state index contributed by atoms with van der Waals surface area (Å²) in [6, 6.07) is 1.98. The van der Waals surface area contributed by atoms with Crippen molar-refractivity contribution in [2.75, 3.05) is 17.2 Å². The Morgan fingerprint density at radius 3 is 3.07 bits per heavy atom. The van der Waals surface area contributed by atoms with Gasteiger partial charge >= 0.3 is 0 Å². The monoisotopic (exact) mass is 409 g/mol. The Balaban J connectivity index is 1.50. The van der Waals surface area contributed by atoms with Gasteiger partial charge in [-0.3, -0.25) is 9.79 Å². The standard InChI is InChI=1S/C21H24FN7O/c1-10-2-3-15-14(7-12(22)8-24-15)18-13-6-11(13)9-28(18)16-4-5-29-20(26-16)17(19(23)27-29)21(30)25-10/h4-5,7-8,10-11,13-15,18H,2-3,6,9H2,1H3,(H2,23,27)(H,25,30)/t10-,11-,13-,14?,15?,18+/m1/s1. The van der Waals surface area contributed by atoms with Crippen molar-refractivity contribution < 1.29 is 9.18 Å². The number of nitrogen functional groups attached to an aromatic ring is 1. The summed E-state index contributed by atoms with van der Waals surface area (Å²) in [5, 5.41) is 7.28. The van der Waals surface area contributed by atoms with Crippen LogP contribution in [-0.4, -0.2) is 51.4 Å². The number of anilines is 2. The predicted octanol–water partition coefficient (Wildman–Crippen LogP) is 1.97. The number of halogens is 1. The number of rotatable bonds is 0. The van der Waals surface area contributed by atoms with Gasteiger partial charge in [-0.15, -0.1) is 5.10 Å². The Bertz CT molecular complexity index is 1110. The molecule has 1 saturated carbocycles. The van der Waals surface area contributed by atoms with Crippen molar-refractivity contribution in [1.29, 1.82) is 0 Å². The second-order valence-electron chi connectivity index (χ2n) is 9.04. The lowest BCUT2D eigenvalue weighted by Crippen LogP contribution is -2.44. The number of carbonyl (C=O) groups excluding carboxylic acids is 1. The van der Waals surface area contributed by atoms with Crippen molar-refractivity contribution in [3.63, 3.8) is 0 Å². The van der Waals surface area contributed by atoms with E-state index in [0.717, 1.165) is 25.2 Å². The molecule has 9 heteroatoms. The van der Waals surface area contributed by atoms with E-state index in [-0.39, 0.29) is 41.6 Å². The minimum atomic E-state index is -0.269. The molecule has 3 aliphatic heterocycles. The van der Waals surface area contributed by atoms with Gasteiger partial charge in [-0.2, -0.15) is 0 Å². The Labute approximate surface area is 173 Å². The molecule has 5 heterocycles. The van der Waals surface area contributed by atoms with Crippen LogP contribution in [0.3, 0.4) is 0 Å². The Hall–Kier alpha value is -2.97. The molecule has 1 saturated heterocycles. The fourth-order valence-corrected chi connectivity index (χ4v) is 5.55. The van der Waals surface area contributed by atoms with Gasteiger partial charge in [0.25, 0.3) is 5.91 Å². The molecule has 6 rings (SSSR count). The van der Waals surface area contributed by atoms with Crippen molar-refractivity contribution in [2.45, 2.75) is 44.3 Å². The van der Waals surface area contributed by atoms with Crippen LogP contribution >= 0.6 is 0 Å². The number of fused-ring (bicyclic) bond motifs is 7. The van der Waals surface area contributed by atoms with E-state index in [4.69, 9.17) is 10.7 Å². The van der Waals surface area contributed by atoms with Gasteiger partial charge in [0.15, 0.2) is 11.5 Å². The van der Waals surface area contributed by atoms with Crippen LogP contribution in [0.4, 0.5) is 16.0 Å². The summed E-state index contributed by atoms with van der Waals surface area (Å²) in [4.78, 5) is 24.6. The summed E-state index contributed by atoms with van der Waals surface area (Å²) in [6.45, 7) is 2.86. The number of nitrogens with two attached hydrogens (primary N) is 1. The first-order valence-electron chi connectivity index (χ1n) is 10.6. The topological polar surface area (TPSA) is 101 Å². The summed E-state index contributed by atoms with van der Waals surface area (Å²) in [5.74, 6) is 1.55. The molecule has 30 heavy (non-hydrogen) atoms. The highest BCUT2D eigenvalue weighted by Crippen LogP contribution is 2.54. The lowest BCUT2D eigenvalue weighted by molar-refractivity contribution is 0.0939.